The topological polar surface area (TPSA) is 119 Å². The van der Waals surface area contributed by atoms with E-state index >= 15 is 0 Å². The van der Waals surface area contributed by atoms with Gasteiger partial charge in [-0.05, 0) is 49.5 Å². The maximum Gasteiger partial charge on any atom is 0.341 e. The number of fused-ring (bicyclic) bond motifs is 1. The summed E-state index contributed by atoms with van der Waals surface area (Å²) in [6.07, 6.45) is 5.11. The van der Waals surface area contributed by atoms with Gasteiger partial charge in [0.1, 0.15) is 11.5 Å². The Morgan fingerprint density at radius 1 is 1.06 bits per heavy atom. The zero-order valence-electron chi connectivity index (χ0n) is 17.9. The zero-order valence-corrected chi connectivity index (χ0v) is 18.7. The number of imide groups is 1. The van der Waals surface area contributed by atoms with E-state index in [1.807, 2.05) is 5.38 Å². The summed E-state index contributed by atoms with van der Waals surface area (Å²) in [5, 5.41) is 4.82. The normalized spacial score (nSPS) is 22.5. The molecule has 2 aliphatic carbocycles. The summed E-state index contributed by atoms with van der Waals surface area (Å²) >= 11 is 1.23. The van der Waals surface area contributed by atoms with Crippen LogP contribution in [0.2, 0.25) is 0 Å². The highest BCUT2D eigenvalue weighted by molar-refractivity contribution is 7.15. The van der Waals surface area contributed by atoms with Gasteiger partial charge in [0.15, 0.2) is 6.61 Å². The Kier molecular flexibility index (Phi) is 6.59. The number of thiophene rings is 1. The largest absolute Gasteiger partial charge is 0.462 e. The molecule has 1 aliphatic heterocycles. The number of likely N-dealkylation sites (tertiary alicyclic amines) is 1. The number of esters is 2. The average molecular weight is 463 g/mol. The molecule has 172 valence electrons. The Bertz CT molecular complexity index is 928. The van der Waals surface area contributed by atoms with Crippen LogP contribution in [-0.4, -0.2) is 54.3 Å². The molecule has 2 heterocycles. The fourth-order valence-corrected chi connectivity index (χ4v) is 5.49. The molecule has 2 saturated carbocycles. The van der Waals surface area contributed by atoms with Crippen LogP contribution in [0.5, 0.6) is 0 Å². The highest BCUT2D eigenvalue weighted by atomic mass is 32.1. The van der Waals surface area contributed by atoms with Crippen LogP contribution in [0.4, 0.5) is 5.00 Å². The Morgan fingerprint density at radius 3 is 2.31 bits per heavy atom. The smallest absolute Gasteiger partial charge is 0.341 e. The number of amides is 3. The molecule has 1 saturated heterocycles. The summed E-state index contributed by atoms with van der Waals surface area (Å²) < 4.78 is 10.1. The predicted octanol–water partition coefficient (Wildman–Crippen LogP) is 2.46. The van der Waals surface area contributed by atoms with E-state index in [-0.39, 0.29) is 30.3 Å². The second kappa shape index (κ2) is 9.40. The van der Waals surface area contributed by atoms with Gasteiger partial charge in [0.05, 0.1) is 24.0 Å². The van der Waals surface area contributed by atoms with E-state index < -0.39 is 31.0 Å². The highest BCUT2D eigenvalue weighted by Crippen LogP contribution is 2.46. The summed E-state index contributed by atoms with van der Waals surface area (Å²) in [6, 6.07) is 0. The van der Waals surface area contributed by atoms with Crippen LogP contribution in [-0.2, 0) is 28.7 Å². The van der Waals surface area contributed by atoms with Gasteiger partial charge in [-0.1, -0.05) is 12.8 Å². The molecule has 4 rings (SSSR count). The van der Waals surface area contributed by atoms with Gasteiger partial charge in [-0.2, -0.15) is 0 Å². The fraction of sp³-hybridized carbons (Fsp3) is 0.591. The second-order valence-corrected chi connectivity index (χ2v) is 9.24. The minimum Gasteiger partial charge on any atom is -0.462 e. The molecule has 1 aromatic heterocycles. The van der Waals surface area contributed by atoms with E-state index in [0.29, 0.717) is 29.3 Å². The van der Waals surface area contributed by atoms with Crippen LogP contribution in [0.3, 0.4) is 0 Å². The lowest BCUT2D eigenvalue weighted by Gasteiger charge is -2.19. The molecule has 0 spiro atoms. The van der Waals surface area contributed by atoms with E-state index in [4.69, 9.17) is 9.47 Å². The third-order valence-corrected chi connectivity index (χ3v) is 7.07. The maximum atomic E-state index is 12.5. The van der Waals surface area contributed by atoms with Gasteiger partial charge < -0.3 is 14.8 Å². The first-order valence-electron chi connectivity index (χ1n) is 11.0. The van der Waals surface area contributed by atoms with Crippen LogP contribution >= 0.6 is 11.3 Å². The maximum absolute atomic E-state index is 12.5. The molecular formula is C22H26N2O7S. The van der Waals surface area contributed by atoms with Crippen molar-refractivity contribution in [2.75, 3.05) is 25.1 Å². The minimum atomic E-state index is -0.823. The number of ether oxygens (including phenoxy) is 2. The molecule has 0 radical (unpaired) electrons. The Labute approximate surface area is 189 Å². The van der Waals surface area contributed by atoms with Gasteiger partial charge in [0.2, 0.25) is 11.8 Å². The summed E-state index contributed by atoms with van der Waals surface area (Å²) in [5.74, 6) is -2.96. The lowest BCUT2D eigenvalue weighted by Crippen LogP contribution is -2.37. The first-order chi connectivity index (χ1) is 15.4. The van der Waals surface area contributed by atoms with Crippen molar-refractivity contribution < 1.29 is 33.4 Å². The average Bonchev–Trinajstić information content (AvgIpc) is 3.50. The molecule has 0 aromatic carbocycles. The molecular weight excluding hydrogens is 436 g/mol. The minimum absolute atomic E-state index is 0.222. The monoisotopic (exact) mass is 462 g/mol. The number of anilines is 1. The second-order valence-electron chi connectivity index (χ2n) is 8.36. The van der Waals surface area contributed by atoms with Crippen LogP contribution in [0.1, 0.15) is 67.3 Å². The van der Waals surface area contributed by atoms with Crippen LogP contribution in [0.15, 0.2) is 5.38 Å². The van der Waals surface area contributed by atoms with E-state index in [1.165, 1.54) is 11.3 Å². The van der Waals surface area contributed by atoms with Gasteiger partial charge in [-0.25, -0.2) is 4.79 Å². The van der Waals surface area contributed by atoms with Gasteiger partial charge in [0, 0.05) is 0 Å². The Balaban J connectivity index is 1.32. The first kappa shape index (κ1) is 22.4. The quantitative estimate of drug-likeness (QED) is 0.465. The summed E-state index contributed by atoms with van der Waals surface area (Å²) in [4.78, 5) is 62.8. The van der Waals surface area contributed by atoms with Crippen molar-refractivity contribution in [2.45, 2.75) is 51.4 Å². The van der Waals surface area contributed by atoms with Gasteiger partial charge in [-0.15, -0.1) is 11.3 Å². The van der Waals surface area contributed by atoms with Crippen LogP contribution in [0.25, 0.3) is 0 Å². The Hall–Kier alpha value is -2.75. The SMILES string of the molecule is CCOC(=O)c1c(C2CC2)csc1NC(=O)COC(=O)CN1C(=O)[C@H]2CCCC[C@H]2C1=O. The number of carbonyl (C=O) groups is 5. The molecule has 3 fully saturated rings. The summed E-state index contributed by atoms with van der Waals surface area (Å²) in [6.45, 7) is 0.862. The summed E-state index contributed by atoms with van der Waals surface area (Å²) in [5.41, 5.74) is 1.23. The molecule has 1 N–H and O–H groups in total. The molecule has 3 aliphatic rings. The van der Waals surface area contributed by atoms with E-state index in [2.05, 4.69) is 5.32 Å². The first-order valence-corrected chi connectivity index (χ1v) is 11.9. The number of carbonyl (C=O) groups excluding carboxylic acids is 5. The third-order valence-electron chi connectivity index (χ3n) is 6.15. The number of rotatable bonds is 8. The third kappa shape index (κ3) is 4.55. The zero-order chi connectivity index (χ0) is 22.8. The van der Waals surface area contributed by atoms with Crippen LogP contribution < -0.4 is 5.32 Å². The number of nitrogens with one attached hydrogen (secondary N) is 1. The number of nitrogens with zero attached hydrogens (tertiary/aromatic N) is 1. The fourth-order valence-electron chi connectivity index (χ4n) is 4.44. The Morgan fingerprint density at radius 2 is 1.72 bits per heavy atom. The lowest BCUT2D eigenvalue weighted by molar-refractivity contribution is -0.154. The summed E-state index contributed by atoms with van der Waals surface area (Å²) in [7, 11) is 0. The molecule has 3 amide bonds. The number of hydrogen-bond donors (Lipinski definition) is 1. The lowest BCUT2D eigenvalue weighted by atomic mass is 9.81. The van der Waals surface area contributed by atoms with Gasteiger partial charge in [0.25, 0.3) is 5.91 Å². The van der Waals surface area contributed by atoms with Crippen molar-refractivity contribution >= 4 is 46.0 Å². The molecule has 9 nitrogen and oxygen atoms in total. The molecule has 0 bridgehead atoms. The number of hydrogen-bond acceptors (Lipinski definition) is 8. The van der Waals surface area contributed by atoms with Gasteiger partial charge in [-0.3, -0.25) is 24.1 Å². The molecule has 2 atom stereocenters. The van der Waals surface area contributed by atoms with Crippen LogP contribution in [0, 0.1) is 11.8 Å². The van der Waals surface area contributed by atoms with Crippen molar-refractivity contribution in [1.29, 1.82) is 0 Å². The van der Waals surface area contributed by atoms with Crippen molar-refractivity contribution in [1.82, 2.24) is 4.90 Å². The van der Waals surface area contributed by atoms with Crippen molar-refractivity contribution in [2.24, 2.45) is 11.8 Å². The highest BCUT2D eigenvalue weighted by Gasteiger charge is 2.48. The van der Waals surface area contributed by atoms with Crippen molar-refractivity contribution in [3.8, 4) is 0 Å². The van der Waals surface area contributed by atoms with E-state index in [9.17, 15) is 24.0 Å². The molecule has 10 heteroatoms. The predicted molar refractivity (Wildman–Crippen MR) is 114 cm³/mol. The van der Waals surface area contributed by atoms with Crippen molar-refractivity contribution in [3.05, 3.63) is 16.5 Å². The van der Waals surface area contributed by atoms with Gasteiger partial charge >= 0.3 is 11.9 Å². The van der Waals surface area contributed by atoms with E-state index in [0.717, 1.165) is 36.1 Å². The van der Waals surface area contributed by atoms with Crippen molar-refractivity contribution in [3.63, 3.8) is 0 Å². The molecule has 1 aromatic rings. The standard InChI is InChI=1S/C22H26N2O7S/c1-2-30-22(29)18-15(12-7-8-12)11-32-19(18)23-16(25)10-31-17(26)9-24-20(27)13-5-3-4-6-14(13)21(24)28/h11-14H,2-10H2,1H3,(H,23,25)/t13-,14+. The molecule has 32 heavy (non-hydrogen) atoms. The van der Waals surface area contributed by atoms with E-state index in [1.54, 1.807) is 6.92 Å². The molecule has 0 unspecified atom stereocenters.